The molecule has 28 heavy (non-hydrogen) atoms. The zero-order valence-corrected chi connectivity index (χ0v) is 15.9. The predicted octanol–water partition coefficient (Wildman–Crippen LogP) is 0.278. The molecule has 0 amide bonds. The molecule has 0 fully saturated rings. The van der Waals surface area contributed by atoms with Crippen LogP contribution in [0.3, 0.4) is 0 Å². The summed E-state index contributed by atoms with van der Waals surface area (Å²) in [6, 6.07) is 7.09. The topological polar surface area (TPSA) is 140 Å². The van der Waals surface area contributed by atoms with E-state index in [1.54, 1.807) is 0 Å². The average Bonchev–Trinajstić information content (AvgIpc) is 2.93. The van der Waals surface area contributed by atoms with E-state index in [1.807, 2.05) is 6.08 Å². The largest absolute Gasteiger partial charge is 0.294 e. The number of rotatable bonds is 2. The molecule has 2 aliphatic carbocycles. The van der Waals surface area contributed by atoms with Crippen molar-refractivity contribution < 1.29 is 21.4 Å². The maximum Gasteiger partial charge on any atom is 0.294 e. The quantitative estimate of drug-likeness (QED) is 0.573. The first-order chi connectivity index (χ1) is 13.1. The summed E-state index contributed by atoms with van der Waals surface area (Å²) in [5.74, 6) is 0. The van der Waals surface area contributed by atoms with Gasteiger partial charge in [-0.25, -0.2) is 23.5 Å². The number of fused-ring (bicyclic) bond motifs is 4. The third kappa shape index (κ3) is 2.49. The molecule has 0 bridgehead atoms. The summed E-state index contributed by atoms with van der Waals surface area (Å²) in [5.41, 5.74) is 3.48. The molecule has 142 valence electrons. The number of nitrogens with zero attached hydrogens (tertiary/aromatic N) is 2. The lowest BCUT2D eigenvalue weighted by atomic mass is 10.0. The Morgan fingerprint density at radius 3 is 2.39 bits per heavy atom. The SMILES string of the molecule is NS(=O)(=O)c1ccc2nc3c(nc2c1)C1=c2c-3cc(S(=O)(=O)O)cc2=CCC1. The zero-order valence-electron chi connectivity index (χ0n) is 14.2. The highest BCUT2D eigenvalue weighted by atomic mass is 32.2. The van der Waals surface area contributed by atoms with E-state index in [1.165, 1.54) is 30.3 Å². The molecule has 0 radical (unpaired) electrons. The summed E-state index contributed by atoms with van der Waals surface area (Å²) in [6.07, 6.45) is 3.31. The average molecular weight is 415 g/mol. The number of aromatic nitrogens is 2. The molecular formula is C18H13N3O5S2. The van der Waals surface area contributed by atoms with Crippen LogP contribution in [0.4, 0.5) is 0 Å². The van der Waals surface area contributed by atoms with Crippen LogP contribution in [0.1, 0.15) is 18.5 Å². The van der Waals surface area contributed by atoms with Crippen LogP contribution < -0.4 is 15.6 Å². The fourth-order valence-electron chi connectivity index (χ4n) is 3.81. The van der Waals surface area contributed by atoms with Gasteiger partial charge in [-0.2, -0.15) is 8.42 Å². The van der Waals surface area contributed by atoms with Crippen molar-refractivity contribution in [1.82, 2.24) is 9.97 Å². The third-order valence-corrected chi connectivity index (χ3v) is 6.75. The molecule has 0 spiro atoms. The van der Waals surface area contributed by atoms with Gasteiger partial charge in [0.2, 0.25) is 10.0 Å². The van der Waals surface area contributed by atoms with Crippen LogP contribution in [0.5, 0.6) is 0 Å². The Morgan fingerprint density at radius 2 is 1.68 bits per heavy atom. The molecule has 1 aromatic heterocycles. The van der Waals surface area contributed by atoms with Crippen molar-refractivity contribution in [2.75, 3.05) is 0 Å². The standard InChI is InChI=1S/C18H13N3O5S2/c19-27(22,23)10-4-5-14-15(8-10)21-17-12-3-1-2-9-6-11(28(24,25)26)7-13(16(9)12)18(17)20-14/h2,4-8H,1,3H2,(H2,19,22,23)(H,24,25,26). The second kappa shape index (κ2) is 5.45. The lowest BCUT2D eigenvalue weighted by Gasteiger charge is -2.08. The van der Waals surface area contributed by atoms with Crippen LogP contribution >= 0.6 is 0 Å². The highest BCUT2D eigenvalue weighted by molar-refractivity contribution is 7.89. The van der Waals surface area contributed by atoms with Crippen LogP contribution in [-0.4, -0.2) is 31.4 Å². The number of nitrogens with two attached hydrogens (primary N) is 1. The molecule has 0 saturated carbocycles. The minimum Gasteiger partial charge on any atom is -0.282 e. The van der Waals surface area contributed by atoms with Crippen LogP contribution in [0, 0.1) is 0 Å². The first-order valence-electron chi connectivity index (χ1n) is 8.33. The maximum absolute atomic E-state index is 11.7. The smallest absolute Gasteiger partial charge is 0.282 e. The summed E-state index contributed by atoms with van der Waals surface area (Å²) in [4.78, 5) is 8.97. The molecular weight excluding hydrogens is 402 g/mol. The van der Waals surface area contributed by atoms with E-state index in [-0.39, 0.29) is 9.79 Å². The second-order valence-corrected chi connectivity index (χ2v) is 9.73. The van der Waals surface area contributed by atoms with Gasteiger partial charge in [-0.05, 0) is 59.2 Å². The normalized spacial score (nSPS) is 15.3. The Hall–Kier alpha value is -2.66. The van der Waals surface area contributed by atoms with E-state index in [4.69, 9.17) is 5.14 Å². The van der Waals surface area contributed by atoms with E-state index < -0.39 is 20.1 Å². The summed E-state index contributed by atoms with van der Waals surface area (Å²) in [5, 5.41) is 6.77. The van der Waals surface area contributed by atoms with E-state index >= 15 is 0 Å². The lowest BCUT2D eigenvalue weighted by molar-refractivity contribution is 0.483. The highest BCUT2D eigenvalue weighted by Gasteiger charge is 2.27. The molecule has 0 saturated heterocycles. The van der Waals surface area contributed by atoms with Crippen molar-refractivity contribution >= 4 is 42.8 Å². The van der Waals surface area contributed by atoms with Crippen molar-refractivity contribution in [2.45, 2.75) is 22.6 Å². The molecule has 0 aliphatic heterocycles. The first-order valence-corrected chi connectivity index (χ1v) is 11.3. The van der Waals surface area contributed by atoms with Gasteiger partial charge >= 0.3 is 0 Å². The maximum atomic E-state index is 11.7. The van der Waals surface area contributed by atoms with Gasteiger partial charge in [0, 0.05) is 5.56 Å². The number of benzene rings is 2. The van der Waals surface area contributed by atoms with E-state index in [0.717, 1.165) is 10.8 Å². The Bertz CT molecular complexity index is 1560. The second-order valence-electron chi connectivity index (χ2n) is 6.75. The third-order valence-electron chi connectivity index (χ3n) is 5.01. The molecule has 2 aromatic carbocycles. The minimum atomic E-state index is -4.38. The van der Waals surface area contributed by atoms with Gasteiger partial charge in [0.25, 0.3) is 10.1 Å². The molecule has 1 heterocycles. The minimum absolute atomic E-state index is 0.0545. The molecule has 3 aromatic rings. The van der Waals surface area contributed by atoms with Crippen molar-refractivity contribution in [3.63, 3.8) is 0 Å². The number of sulfonamides is 1. The molecule has 10 heteroatoms. The Balaban J connectivity index is 1.88. The predicted molar refractivity (Wildman–Crippen MR) is 102 cm³/mol. The van der Waals surface area contributed by atoms with Crippen LogP contribution in [-0.2, 0) is 20.1 Å². The summed E-state index contributed by atoms with van der Waals surface area (Å²) < 4.78 is 56.1. The first kappa shape index (κ1) is 17.4. The van der Waals surface area contributed by atoms with Gasteiger partial charge in [-0.1, -0.05) is 6.08 Å². The van der Waals surface area contributed by atoms with Gasteiger partial charge in [0.1, 0.15) is 0 Å². The van der Waals surface area contributed by atoms with Crippen molar-refractivity contribution in [3.8, 4) is 11.3 Å². The number of hydrogen-bond acceptors (Lipinski definition) is 6. The van der Waals surface area contributed by atoms with Crippen molar-refractivity contribution in [1.29, 1.82) is 0 Å². The highest BCUT2D eigenvalue weighted by Crippen LogP contribution is 2.34. The Kier molecular flexibility index (Phi) is 3.39. The number of hydrogen-bond donors (Lipinski definition) is 2. The van der Waals surface area contributed by atoms with Gasteiger partial charge in [0.15, 0.2) is 0 Å². The molecule has 8 nitrogen and oxygen atoms in total. The van der Waals surface area contributed by atoms with Crippen molar-refractivity contribution in [2.24, 2.45) is 5.14 Å². The Labute approximate surface area is 159 Å². The summed E-state index contributed by atoms with van der Waals surface area (Å²) >= 11 is 0. The van der Waals surface area contributed by atoms with E-state index in [2.05, 4.69) is 9.97 Å². The lowest BCUT2D eigenvalue weighted by Crippen LogP contribution is -2.30. The molecule has 0 unspecified atom stereocenters. The van der Waals surface area contributed by atoms with Crippen LogP contribution in [0.25, 0.3) is 33.9 Å². The van der Waals surface area contributed by atoms with Crippen LogP contribution in [0.2, 0.25) is 0 Å². The zero-order chi connectivity index (χ0) is 19.8. The molecule has 5 rings (SSSR count). The fraction of sp³-hybridized carbons (Fsp3) is 0.111. The molecule has 0 atom stereocenters. The van der Waals surface area contributed by atoms with Gasteiger partial charge in [0.05, 0.1) is 32.2 Å². The van der Waals surface area contributed by atoms with Gasteiger partial charge < -0.3 is 0 Å². The van der Waals surface area contributed by atoms with Gasteiger partial charge in [-0.15, -0.1) is 0 Å². The fourth-order valence-corrected chi connectivity index (χ4v) is 4.89. The van der Waals surface area contributed by atoms with E-state index in [0.29, 0.717) is 46.0 Å². The summed E-state index contributed by atoms with van der Waals surface area (Å²) in [6.45, 7) is 0. The molecule has 3 N–H and O–H groups in total. The van der Waals surface area contributed by atoms with Crippen LogP contribution in [0.15, 0.2) is 40.1 Å². The Morgan fingerprint density at radius 1 is 0.929 bits per heavy atom. The monoisotopic (exact) mass is 415 g/mol. The van der Waals surface area contributed by atoms with Gasteiger partial charge in [-0.3, -0.25) is 4.55 Å². The van der Waals surface area contributed by atoms with Crippen molar-refractivity contribution in [3.05, 3.63) is 46.5 Å². The summed E-state index contributed by atoms with van der Waals surface area (Å²) in [7, 11) is -8.25. The molecule has 2 aliphatic rings. The van der Waals surface area contributed by atoms with E-state index in [9.17, 15) is 21.4 Å². The number of primary sulfonamides is 1.